The number of hydrogen-bond acceptors (Lipinski definition) is 3. The van der Waals surface area contributed by atoms with Crippen molar-refractivity contribution in [1.29, 1.82) is 5.26 Å². The molecule has 5 heteroatoms. The molecule has 0 fully saturated rings. The van der Waals surface area contributed by atoms with Crippen LogP contribution < -0.4 is 5.32 Å². The quantitative estimate of drug-likeness (QED) is 0.910. The average Bonchev–Trinajstić information content (AvgIpc) is 2.86. The number of nitriles is 1. The molecule has 0 amide bonds. The molecule has 0 saturated heterocycles. The van der Waals surface area contributed by atoms with E-state index >= 15 is 0 Å². The summed E-state index contributed by atoms with van der Waals surface area (Å²) in [6.45, 7) is 5.77. The lowest BCUT2D eigenvalue weighted by Crippen LogP contribution is -2.19. The molecule has 0 aliphatic carbocycles. The van der Waals surface area contributed by atoms with Crippen LogP contribution >= 0.6 is 0 Å². The lowest BCUT2D eigenvalue weighted by atomic mass is 10.1. The molecular weight excluding hydrogens is 255 g/mol. The minimum absolute atomic E-state index is 0.176. The maximum absolute atomic E-state index is 14.1. The normalized spacial score (nSPS) is 10.8. The molecule has 20 heavy (non-hydrogen) atoms. The number of rotatable bonds is 5. The Kier molecular flexibility index (Phi) is 4.49. The Bertz CT molecular complexity index is 625. The molecule has 0 aliphatic rings. The third kappa shape index (κ3) is 3.22. The van der Waals surface area contributed by atoms with Gasteiger partial charge in [-0.15, -0.1) is 0 Å². The van der Waals surface area contributed by atoms with Crippen molar-refractivity contribution in [2.45, 2.75) is 20.4 Å². The van der Waals surface area contributed by atoms with Gasteiger partial charge in [0, 0.05) is 18.9 Å². The summed E-state index contributed by atoms with van der Waals surface area (Å²) in [6.07, 6.45) is 3.06. The van der Waals surface area contributed by atoms with Gasteiger partial charge in [-0.1, -0.05) is 19.9 Å². The highest BCUT2D eigenvalue weighted by atomic mass is 19.1. The van der Waals surface area contributed by atoms with E-state index in [-0.39, 0.29) is 11.6 Å². The second-order valence-electron chi connectivity index (χ2n) is 5.04. The SMILES string of the molecule is CC(C)CNCc1ccc(-n2ccnc2C#N)c(F)c1. The first-order valence-electron chi connectivity index (χ1n) is 6.54. The largest absolute Gasteiger partial charge is 0.312 e. The van der Waals surface area contributed by atoms with E-state index in [2.05, 4.69) is 24.1 Å². The summed E-state index contributed by atoms with van der Waals surface area (Å²) in [7, 11) is 0. The van der Waals surface area contributed by atoms with Gasteiger partial charge in [0.25, 0.3) is 0 Å². The first-order valence-corrected chi connectivity index (χ1v) is 6.54. The van der Waals surface area contributed by atoms with Crippen LogP contribution in [-0.4, -0.2) is 16.1 Å². The lowest BCUT2D eigenvalue weighted by Gasteiger charge is -2.10. The summed E-state index contributed by atoms with van der Waals surface area (Å²) in [5, 5.41) is 12.2. The molecule has 0 aliphatic heterocycles. The van der Waals surface area contributed by atoms with E-state index in [1.165, 1.54) is 16.8 Å². The van der Waals surface area contributed by atoms with Gasteiger partial charge in [-0.2, -0.15) is 5.26 Å². The predicted octanol–water partition coefficient (Wildman–Crippen LogP) is 2.63. The van der Waals surface area contributed by atoms with Crippen LogP contribution in [0.1, 0.15) is 25.2 Å². The fraction of sp³-hybridized carbons (Fsp3) is 0.333. The number of benzene rings is 1. The van der Waals surface area contributed by atoms with Crippen LogP contribution in [0.3, 0.4) is 0 Å². The van der Waals surface area contributed by atoms with Crippen molar-refractivity contribution >= 4 is 0 Å². The molecule has 0 bridgehead atoms. The summed E-state index contributed by atoms with van der Waals surface area (Å²) < 4.78 is 15.6. The first kappa shape index (κ1) is 14.2. The van der Waals surface area contributed by atoms with Gasteiger partial charge in [-0.25, -0.2) is 9.37 Å². The highest BCUT2D eigenvalue weighted by Gasteiger charge is 2.09. The van der Waals surface area contributed by atoms with Crippen molar-refractivity contribution in [1.82, 2.24) is 14.9 Å². The monoisotopic (exact) mass is 272 g/mol. The van der Waals surface area contributed by atoms with Crippen molar-refractivity contribution in [3.05, 3.63) is 47.8 Å². The second kappa shape index (κ2) is 6.31. The second-order valence-corrected chi connectivity index (χ2v) is 5.04. The van der Waals surface area contributed by atoms with Gasteiger partial charge in [-0.05, 0) is 30.2 Å². The summed E-state index contributed by atoms with van der Waals surface area (Å²) in [4.78, 5) is 3.87. The topological polar surface area (TPSA) is 53.6 Å². The molecule has 0 unspecified atom stereocenters. The van der Waals surface area contributed by atoms with E-state index in [4.69, 9.17) is 5.26 Å². The molecule has 1 aromatic carbocycles. The Hall–Kier alpha value is -2.19. The zero-order valence-electron chi connectivity index (χ0n) is 11.6. The molecule has 104 valence electrons. The standard InChI is InChI=1S/C15H17FN4/c1-11(2)9-18-10-12-3-4-14(13(16)7-12)20-6-5-19-15(20)8-17/h3-7,11,18H,9-10H2,1-2H3. The molecular formula is C15H17FN4. The molecule has 1 heterocycles. The van der Waals surface area contributed by atoms with E-state index in [1.807, 2.05) is 12.1 Å². The Labute approximate surface area is 117 Å². The van der Waals surface area contributed by atoms with Crippen molar-refractivity contribution in [3.8, 4) is 11.8 Å². The van der Waals surface area contributed by atoms with Gasteiger partial charge in [0.1, 0.15) is 11.9 Å². The molecule has 0 saturated carbocycles. The van der Waals surface area contributed by atoms with E-state index in [0.717, 1.165) is 12.1 Å². The van der Waals surface area contributed by atoms with Gasteiger partial charge >= 0.3 is 0 Å². The Balaban J connectivity index is 2.16. The fourth-order valence-electron chi connectivity index (χ4n) is 1.94. The molecule has 0 spiro atoms. The van der Waals surface area contributed by atoms with E-state index in [0.29, 0.717) is 18.2 Å². The maximum atomic E-state index is 14.1. The van der Waals surface area contributed by atoms with E-state index < -0.39 is 0 Å². The lowest BCUT2D eigenvalue weighted by molar-refractivity contribution is 0.549. The number of nitrogens with zero attached hydrogens (tertiary/aromatic N) is 3. The van der Waals surface area contributed by atoms with Crippen LogP contribution in [0.5, 0.6) is 0 Å². The summed E-state index contributed by atoms with van der Waals surface area (Å²) in [5.74, 6) is 0.376. The van der Waals surface area contributed by atoms with Gasteiger partial charge in [0.2, 0.25) is 5.82 Å². The minimum Gasteiger partial charge on any atom is -0.312 e. The molecule has 0 radical (unpaired) electrons. The van der Waals surface area contributed by atoms with Gasteiger partial charge in [-0.3, -0.25) is 4.57 Å². The zero-order valence-corrected chi connectivity index (χ0v) is 11.6. The van der Waals surface area contributed by atoms with Gasteiger partial charge in [0.15, 0.2) is 0 Å². The van der Waals surface area contributed by atoms with Crippen molar-refractivity contribution in [2.24, 2.45) is 5.92 Å². The van der Waals surface area contributed by atoms with E-state index in [1.54, 1.807) is 12.3 Å². The molecule has 1 aromatic heterocycles. The van der Waals surface area contributed by atoms with Crippen molar-refractivity contribution in [2.75, 3.05) is 6.54 Å². The maximum Gasteiger partial charge on any atom is 0.217 e. The highest BCUT2D eigenvalue weighted by molar-refractivity contribution is 5.39. The number of aromatic nitrogens is 2. The number of halogens is 1. The first-order chi connectivity index (χ1) is 9.61. The smallest absolute Gasteiger partial charge is 0.217 e. The molecule has 2 rings (SSSR count). The summed E-state index contributed by atoms with van der Waals surface area (Å²) >= 11 is 0. The Morgan fingerprint density at radius 3 is 2.90 bits per heavy atom. The third-order valence-corrected chi connectivity index (χ3v) is 2.89. The highest BCUT2D eigenvalue weighted by Crippen LogP contribution is 2.16. The third-order valence-electron chi connectivity index (χ3n) is 2.89. The minimum atomic E-state index is -0.358. The van der Waals surface area contributed by atoms with Crippen LogP contribution in [0.25, 0.3) is 5.69 Å². The number of imidazole rings is 1. The van der Waals surface area contributed by atoms with Gasteiger partial charge in [0.05, 0.1) is 5.69 Å². The van der Waals surface area contributed by atoms with Crippen LogP contribution in [0.2, 0.25) is 0 Å². The van der Waals surface area contributed by atoms with Crippen LogP contribution in [0.4, 0.5) is 4.39 Å². The zero-order chi connectivity index (χ0) is 14.5. The number of hydrogen-bond donors (Lipinski definition) is 1. The molecule has 2 aromatic rings. The molecule has 4 nitrogen and oxygen atoms in total. The summed E-state index contributed by atoms with van der Waals surface area (Å²) in [5.41, 5.74) is 1.22. The molecule has 0 atom stereocenters. The predicted molar refractivity (Wildman–Crippen MR) is 74.8 cm³/mol. The van der Waals surface area contributed by atoms with Crippen LogP contribution in [0.15, 0.2) is 30.6 Å². The Morgan fingerprint density at radius 1 is 1.45 bits per heavy atom. The van der Waals surface area contributed by atoms with E-state index in [9.17, 15) is 4.39 Å². The summed E-state index contributed by atoms with van der Waals surface area (Å²) in [6, 6.07) is 6.95. The van der Waals surface area contributed by atoms with Crippen molar-refractivity contribution in [3.63, 3.8) is 0 Å². The van der Waals surface area contributed by atoms with Crippen LogP contribution in [0, 0.1) is 23.1 Å². The van der Waals surface area contributed by atoms with Crippen LogP contribution in [-0.2, 0) is 6.54 Å². The van der Waals surface area contributed by atoms with Crippen molar-refractivity contribution < 1.29 is 4.39 Å². The fourth-order valence-corrected chi connectivity index (χ4v) is 1.94. The van der Waals surface area contributed by atoms with Gasteiger partial charge < -0.3 is 5.32 Å². The number of nitrogens with one attached hydrogen (secondary N) is 1. The Morgan fingerprint density at radius 2 is 2.25 bits per heavy atom. The average molecular weight is 272 g/mol. The molecule has 1 N–H and O–H groups in total.